The van der Waals surface area contributed by atoms with Crippen molar-refractivity contribution in [3.05, 3.63) is 27.9 Å². The lowest BCUT2D eigenvalue weighted by atomic mass is 10.1. The monoisotopic (exact) mass is 560 g/mol. The number of benzene rings is 1. The SMILES string of the molecule is CC(=O)c1c(I)cc(I)c(C(=O)Cl)c1I. The number of carbonyl (C=O) groups excluding carboxylic acids is 2. The Labute approximate surface area is 133 Å². The van der Waals surface area contributed by atoms with Crippen LogP contribution >= 0.6 is 79.4 Å². The molecule has 0 saturated heterocycles. The zero-order valence-corrected chi connectivity index (χ0v) is 14.6. The minimum atomic E-state index is -0.525. The average Bonchev–Trinajstić information content (AvgIpc) is 1.99. The quantitative estimate of drug-likeness (QED) is 0.311. The van der Waals surface area contributed by atoms with Crippen LogP contribution < -0.4 is 0 Å². The third-order valence-corrected chi connectivity index (χ3v) is 4.69. The molecule has 0 aliphatic carbocycles. The average molecular weight is 560 g/mol. The zero-order valence-electron chi connectivity index (χ0n) is 7.41. The summed E-state index contributed by atoms with van der Waals surface area (Å²) >= 11 is 11.6. The molecule has 1 rings (SSSR count). The summed E-state index contributed by atoms with van der Waals surface area (Å²) in [5, 5.41) is -0.525. The smallest absolute Gasteiger partial charge is 0.254 e. The van der Waals surface area contributed by atoms with Gasteiger partial charge in [-0.25, -0.2) is 0 Å². The van der Waals surface area contributed by atoms with Crippen LogP contribution in [0, 0.1) is 10.7 Å². The van der Waals surface area contributed by atoms with Crippen LogP contribution in [0.4, 0.5) is 0 Å². The maximum absolute atomic E-state index is 11.4. The maximum atomic E-state index is 11.4. The van der Waals surface area contributed by atoms with Crippen molar-refractivity contribution < 1.29 is 9.59 Å². The minimum absolute atomic E-state index is 0.0561. The Morgan fingerprint density at radius 3 is 2.00 bits per heavy atom. The molecule has 0 saturated carbocycles. The van der Waals surface area contributed by atoms with Crippen LogP contribution in [0.25, 0.3) is 0 Å². The van der Waals surface area contributed by atoms with E-state index in [-0.39, 0.29) is 5.78 Å². The molecule has 2 nitrogen and oxygen atoms in total. The maximum Gasteiger partial charge on any atom is 0.254 e. The Kier molecular flexibility index (Phi) is 5.25. The molecule has 0 unspecified atom stereocenters. The van der Waals surface area contributed by atoms with Gasteiger partial charge in [0.05, 0.1) is 5.56 Å². The Morgan fingerprint density at radius 1 is 1.13 bits per heavy atom. The summed E-state index contributed by atoms with van der Waals surface area (Å²) in [6.45, 7) is 1.48. The molecule has 80 valence electrons. The van der Waals surface area contributed by atoms with E-state index in [0.29, 0.717) is 14.7 Å². The summed E-state index contributed by atoms with van der Waals surface area (Å²) in [6.07, 6.45) is 0. The molecule has 1 aromatic rings. The van der Waals surface area contributed by atoms with Gasteiger partial charge in [0.2, 0.25) is 0 Å². The lowest BCUT2D eigenvalue weighted by molar-refractivity contribution is 0.101. The van der Waals surface area contributed by atoms with Crippen LogP contribution in [0.5, 0.6) is 0 Å². The first-order chi connectivity index (χ1) is 6.86. The molecule has 0 aromatic heterocycles. The van der Waals surface area contributed by atoms with Crippen LogP contribution in [0.2, 0.25) is 0 Å². The molecule has 0 amide bonds. The second-order valence-corrected chi connectivity index (χ2v) is 6.48. The van der Waals surface area contributed by atoms with Crippen molar-refractivity contribution in [1.82, 2.24) is 0 Å². The molecule has 0 aliphatic heterocycles. The number of hydrogen-bond donors (Lipinski definition) is 0. The van der Waals surface area contributed by atoms with Crippen molar-refractivity contribution in [2.45, 2.75) is 6.92 Å². The van der Waals surface area contributed by atoms with Gasteiger partial charge in [-0.2, -0.15) is 0 Å². The number of halogens is 4. The standard InChI is InChI=1S/C9H4ClI3O2/c1-3(14)6-4(11)2-5(12)7(8(6)13)9(10)15/h2H,1H3. The van der Waals surface area contributed by atoms with Gasteiger partial charge in [0.25, 0.3) is 5.24 Å². The molecule has 0 atom stereocenters. The van der Waals surface area contributed by atoms with E-state index < -0.39 is 5.24 Å². The zero-order chi connectivity index (χ0) is 11.7. The summed E-state index contributed by atoms with van der Waals surface area (Å²) < 4.78 is 2.25. The number of Topliss-reactive ketones (excluding diaryl/α,β-unsaturated/α-hetero) is 1. The molecule has 15 heavy (non-hydrogen) atoms. The molecule has 0 fully saturated rings. The van der Waals surface area contributed by atoms with Crippen LogP contribution in [0.1, 0.15) is 27.6 Å². The third-order valence-electron chi connectivity index (χ3n) is 1.72. The summed E-state index contributed by atoms with van der Waals surface area (Å²) in [4.78, 5) is 22.6. The van der Waals surface area contributed by atoms with Crippen LogP contribution in [0.15, 0.2) is 6.07 Å². The number of hydrogen-bond acceptors (Lipinski definition) is 2. The van der Waals surface area contributed by atoms with Gasteiger partial charge in [-0.1, -0.05) is 0 Å². The second kappa shape index (κ2) is 5.58. The molecule has 1 aromatic carbocycles. The predicted molar refractivity (Wildman–Crippen MR) is 84.8 cm³/mol. The molecule has 6 heteroatoms. The first-order valence-corrected chi connectivity index (χ1v) is 7.36. The van der Waals surface area contributed by atoms with Crippen molar-refractivity contribution in [2.24, 2.45) is 0 Å². The first kappa shape index (κ1) is 14.1. The molecule has 0 radical (unpaired) electrons. The van der Waals surface area contributed by atoms with Gasteiger partial charge in [0.15, 0.2) is 5.78 Å². The van der Waals surface area contributed by atoms with Gasteiger partial charge in [-0.15, -0.1) is 0 Å². The van der Waals surface area contributed by atoms with Gasteiger partial charge in [-0.3, -0.25) is 9.59 Å². The topological polar surface area (TPSA) is 34.1 Å². The van der Waals surface area contributed by atoms with Gasteiger partial charge in [0.1, 0.15) is 0 Å². The van der Waals surface area contributed by atoms with Gasteiger partial charge in [0, 0.05) is 16.3 Å². The highest BCUT2D eigenvalue weighted by Crippen LogP contribution is 2.29. The highest BCUT2D eigenvalue weighted by atomic mass is 127. The lowest BCUT2D eigenvalue weighted by Crippen LogP contribution is -2.07. The van der Waals surface area contributed by atoms with Crippen molar-refractivity contribution in [3.63, 3.8) is 0 Å². The normalized spacial score (nSPS) is 10.2. The highest BCUT2D eigenvalue weighted by Gasteiger charge is 2.20. The highest BCUT2D eigenvalue weighted by molar-refractivity contribution is 14.1. The van der Waals surface area contributed by atoms with Crippen LogP contribution in [-0.2, 0) is 0 Å². The van der Waals surface area contributed by atoms with Crippen molar-refractivity contribution in [3.8, 4) is 0 Å². The van der Waals surface area contributed by atoms with Gasteiger partial charge in [-0.05, 0) is 92.4 Å². The number of ketones is 1. The molecule has 0 bridgehead atoms. The predicted octanol–water partition coefficient (Wildman–Crippen LogP) is 4.08. The second-order valence-electron chi connectivity index (χ2n) is 2.73. The van der Waals surface area contributed by atoms with E-state index in [1.54, 1.807) is 6.07 Å². The molecular formula is C9H4ClI3O2. The summed E-state index contributed by atoms with van der Waals surface area (Å²) in [5.41, 5.74) is 0.990. The summed E-state index contributed by atoms with van der Waals surface area (Å²) in [7, 11) is 0. The lowest BCUT2D eigenvalue weighted by Gasteiger charge is -2.09. The Bertz CT molecular complexity index is 419. The minimum Gasteiger partial charge on any atom is -0.294 e. The summed E-state index contributed by atoms with van der Waals surface area (Å²) in [6, 6.07) is 1.79. The van der Waals surface area contributed by atoms with Gasteiger partial charge >= 0.3 is 0 Å². The Balaban J connectivity index is 3.64. The largest absolute Gasteiger partial charge is 0.294 e. The van der Waals surface area contributed by atoms with Crippen LogP contribution in [0.3, 0.4) is 0 Å². The number of carbonyl (C=O) groups is 2. The third kappa shape index (κ3) is 3.03. The fourth-order valence-electron chi connectivity index (χ4n) is 1.09. The van der Waals surface area contributed by atoms with E-state index in [4.69, 9.17) is 11.6 Å². The van der Waals surface area contributed by atoms with E-state index in [1.165, 1.54) is 6.92 Å². The van der Waals surface area contributed by atoms with E-state index >= 15 is 0 Å². The van der Waals surface area contributed by atoms with E-state index in [1.807, 2.05) is 45.2 Å². The van der Waals surface area contributed by atoms with Crippen molar-refractivity contribution >= 4 is 90.4 Å². The molecular weight excluding hydrogens is 556 g/mol. The van der Waals surface area contributed by atoms with Crippen molar-refractivity contribution in [1.29, 1.82) is 0 Å². The molecule has 0 N–H and O–H groups in total. The van der Waals surface area contributed by atoms with Crippen molar-refractivity contribution in [2.75, 3.05) is 0 Å². The Morgan fingerprint density at radius 2 is 1.60 bits per heavy atom. The Hall–Kier alpha value is 1.04. The molecule has 0 spiro atoms. The van der Waals surface area contributed by atoms with Gasteiger partial charge < -0.3 is 0 Å². The summed E-state index contributed by atoms with van der Waals surface area (Å²) in [5.74, 6) is -0.0561. The van der Waals surface area contributed by atoms with E-state index in [9.17, 15) is 9.59 Å². The molecule has 0 aliphatic rings. The van der Waals surface area contributed by atoms with E-state index in [0.717, 1.165) is 7.14 Å². The fourth-order valence-corrected chi connectivity index (χ4v) is 6.23. The first-order valence-electron chi connectivity index (χ1n) is 3.74. The number of rotatable bonds is 2. The fraction of sp³-hybridized carbons (Fsp3) is 0.111. The van der Waals surface area contributed by atoms with E-state index in [2.05, 4.69) is 22.6 Å². The molecule has 0 heterocycles. The van der Waals surface area contributed by atoms with Crippen LogP contribution in [-0.4, -0.2) is 11.0 Å².